The van der Waals surface area contributed by atoms with Gasteiger partial charge >= 0.3 is 0 Å². The second-order valence-corrected chi connectivity index (χ2v) is 4.83. The minimum Gasteiger partial charge on any atom is -0.389 e. The molecule has 4 heteroatoms. The number of rotatable bonds is 5. The third-order valence-corrected chi connectivity index (χ3v) is 3.15. The lowest BCUT2D eigenvalue weighted by Gasteiger charge is -2.09. The molecule has 0 aliphatic rings. The molecular weight excluding hydrogens is 254 g/mol. The van der Waals surface area contributed by atoms with Crippen LogP contribution in [0.4, 0.5) is 5.69 Å². The fourth-order valence-corrected chi connectivity index (χ4v) is 2.16. The van der Waals surface area contributed by atoms with Gasteiger partial charge in [0.25, 0.3) is 0 Å². The second-order valence-electron chi connectivity index (χ2n) is 4.39. The molecule has 0 saturated carbocycles. The molecule has 1 aromatic carbocycles. The van der Waals surface area contributed by atoms with E-state index < -0.39 is 0 Å². The summed E-state index contributed by atoms with van der Waals surface area (Å²) in [5, 5.41) is 3.38. The monoisotopic (exact) mass is 271 g/mol. The van der Waals surface area contributed by atoms with Gasteiger partial charge in [-0.2, -0.15) is 0 Å². The summed E-state index contributed by atoms with van der Waals surface area (Å²) in [4.78, 5) is 4.73. The molecule has 1 aromatic heterocycles. The van der Waals surface area contributed by atoms with Gasteiger partial charge < -0.3 is 11.1 Å². The lowest BCUT2D eigenvalue weighted by atomic mass is 10.1. The summed E-state index contributed by atoms with van der Waals surface area (Å²) >= 11 is 4.99. The molecule has 0 amide bonds. The minimum absolute atomic E-state index is 0.442. The Bertz CT molecular complexity index is 567. The molecule has 0 radical (unpaired) electrons. The van der Waals surface area contributed by atoms with Crippen LogP contribution in [-0.2, 0) is 6.42 Å². The van der Waals surface area contributed by atoms with Gasteiger partial charge in [0, 0.05) is 36.1 Å². The zero-order valence-electron chi connectivity index (χ0n) is 10.9. The smallest absolute Gasteiger partial charge is 0.104 e. The van der Waals surface area contributed by atoms with Crippen LogP contribution in [0, 0.1) is 6.92 Å². The van der Waals surface area contributed by atoms with Crippen molar-refractivity contribution in [3.8, 4) is 0 Å². The third kappa shape index (κ3) is 3.76. The van der Waals surface area contributed by atoms with E-state index in [-0.39, 0.29) is 0 Å². The van der Waals surface area contributed by atoms with E-state index in [1.165, 1.54) is 0 Å². The minimum atomic E-state index is 0.442. The third-order valence-electron chi connectivity index (χ3n) is 2.93. The molecule has 0 atom stereocenters. The number of aryl methyl sites for hydroxylation is 1. The van der Waals surface area contributed by atoms with Gasteiger partial charge in [0.15, 0.2) is 0 Å². The topological polar surface area (TPSA) is 50.9 Å². The van der Waals surface area contributed by atoms with Crippen LogP contribution in [-0.4, -0.2) is 16.5 Å². The maximum absolute atomic E-state index is 5.64. The van der Waals surface area contributed by atoms with Crippen LogP contribution in [0.1, 0.15) is 16.8 Å². The molecule has 0 aliphatic heterocycles. The lowest BCUT2D eigenvalue weighted by molar-refractivity contribution is 0.961. The highest BCUT2D eigenvalue weighted by molar-refractivity contribution is 7.80. The van der Waals surface area contributed by atoms with Crippen molar-refractivity contribution in [1.82, 2.24) is 4.98 Å². The largest absolute Gasteiger partial charge is 0.389 e. The van der Waals surface area contributed by atoms with Crippen molar-refractivity contribution in [2.75, 3.05) is 11.9 Å². The van der Waals surface area contributed by atoms with Gasteiger partial charge in [-0.15, -0.1) is 0 Å². The summed E-state index contributed by atoms with van der Waals surface area (Å²) in [7, 11) is 0. The predicted octanol–water partition coefficient (Wildman–Crippen LogP) is 2.68. The first-order valence-corrected chi connectivity index (χ1v) is 6.62. The van der Waals surface area contributed by atoms with Crippen LogP contribution in [0.5, 0.6) is 0 Å². The van der Waals surface area contributed by atoms with Crippen LogP contribution in [0.25, 0.3) is 0 Å². The van der Waals surface area contributed by atoms with Gasteiger partial charge in [-0.1, -0.05) is 18.3 Å². The van der Waals surface area contributed by atoms with Crippen LogP contribution >= 0.6 is 12.2 Å². The van der Waals surface area contributed by atoms with Crippen LogP contribution in [0.15, 0.2) is 42.6 Å². The normalized spacial score (nSPS) is 10.2. The number of anilines is 1. The highest BCUT2D eigenvalue weighted by Gasteiger charge is 2.02. The first-order valence-electron chi connectivity index (χ1n) is 6.21. The van der Waals surface area contributed by atoms with Gasteiger partial charge in [0.1, 0.15) is 4.99 Å². The molecule has 0 fully saturated rings. The Balaban J connectivity index is 1.93. The molecule has 3 nitrogen and oxygen atoms in total. The van der Waals surface area contributed by atoms with Gasteiger partial charge in [0.2, 0.25) is 0 Å². The first-order chi connectivity index (χ1) is 9.16. The molecular formula is C15H17N3S. The Labute approximate surface area is 118 Å². The number of nitrogens with one attached hydrogen (secondary N) is 1. The number of nitrogens with two attached hydrogens (primary N) is 1. The fraction of sp³-hybridized carbons (Fsp3) is 0.200. The summed E-state index contributed by atoms with van der Waals surface area (Å²) in [5.74, 6) is 0. The number of pyridine rings is 1. The van der Waals surface area contributed by atoms with E-state index in [4.69, 9.17) is 18.0 Å². The van der Waals surface area contributed by atoms with E-state index in [1.54, 1.807) is 0 Å². The average Bonchev–Trinajstić information content (AvgIpc) is 2.39. The van der Waals surface area contributed by atoms with E-state index >= 15 is 0 Å². The number of hydrogen-bond donors (Lipinski definition) is 2. The van der Waals surface area contributed by atoms with Crippen LogP contribution in [0.3, 0.4) is 0 Å². The van der Waals surface area contributed by atoms with Crippen molar-refractivity contribution in [2.24, 2.45) is 5.73 Å². The van der Waals surface area contributed by atoms with Crippen molar-refractivity contribution in [1.29, 1.82) is 0 Å². The average molecular weight is 271 g/mol. The molecule has 2 aromatic rings. The highest BCUT2D eigenvalue weighted by Crippen LogP contribution is 2.15. The summed E-state index contributed by atoms with van der Waals surface area (Å²) in [6, 6.07) is 12.0. The van der Waals surface area contributed by atoms with Gasteiger partial charge in [-0.25, -0.2) is 0 Å². The van der Waals surface area contributed by atoms with E-state index in [0.29, 0.717) is 4.99 Å². The predicted molar refractivity (Wildman–Crippen MR) is 83.5 cm³/mol. The van der Waals surface area contributed by atoms with Crippen LogP contribution < -0.4 is 11.1 Å². The SMILES string of the molecule is Cc1cc(NCCc2ccccn2)ccc1C(N)=S. The van der Waals surface area contributed by atoms with E-state index in [0.717, 1.165) is 35.5 Å². The van der Waals surface area contributed by atoms with Gasteiger partial charge in [-0.3, -0.25) is 4.98 Å². The maximum Gasteiger partial charge on any atom is 0.104 e. The van der Waals surface area contributed by atoms with E-state index in [2.05, 4.69) is 16.4 Å². The zero-order chi connectivity index (χ0) is 13.7. The Morgan fingerprint density at radius 3 is 2.79 bits per heavy atom. The van der Waals surface area contributed by atoms with Crippen molar-refractivity contribution in [2.45, 2.75) is 13.3 Å². The molecule has 3 N–H and O–H groups in total. The maximum atomic E-state index is 5.64. The molecule has 0 saturated heterocycles. The fourth-order valence-electron chi connectivity index (χ4n) is 1.93. The summed E-state index contributed by atoms with van der Waals surface area (Å²) < 4.78 is 0. The molecule has 19 heavy (non-hydrogen) atoms. The Hall–Kier alpha value is -1.94. The Morgan fingerprint density at radius 1 is 1.32 bits per heavy atom. The summed E-state index contributed by atoms with van der Waals surface area (Å²) in [6.45, 7) is 2.86. The van der Waals surface area contributed by atoms with Crippen molar-refractivity contribution in [3.63, 3.8) is 0 Å². The number of aromatic nitrogens is 1. The van der Waals surface area contributed by atoms with Gasteiger partial charge in [0.05, 0.1) is 0 Å². The summed E-state index contributed by atoms with van der Waals surface area (Å²) in [5.41, 5.74) is 9.84. The molecule has 0 bridgehead atoms. The van der Waals surface area contributed by atoms with E-state index in [9.17, 15) is 0 Å². The lowest BCUT2D eigenvalue weighted by Crippen LogP contribution is -2.12. The first kappa shape index (κ1) is 13.5. The number of thiocarbonyl (C=S) groups is 1. The van der Waals surface area contributed by atoms with Crippen molar-refractivity contribution in [3.05, 3.63) is 59.4 Å². The van der Waals surface area contributed by atoms with Crippen molar-refractivity contribution >= 4 is 22.9 Å². The number of nitrogens with zero attached hydrogens (tertiary/aromatic N) is 1. The Morgan fingerprint density at radius 2 is 2.16 bits per heavy atom. The highest BCUT2D eigenvalue weighted by atomic mass is 32.1. The molecule has 98 valence electrons. The van der Waals surface area contributed by atoms with E-state index in [1.807, 2.05) is 43.5 Å². The number of hydrogen-bond acceptors (Lipinski definition) is 3. The second kappa shape index (κ2) is 6.29. The zero-order valence-corrected chi connectivity index (χ0v) is 11.7. The molecule has 1 heterocycles. The molecule has 0 unspecified atom stereocenters. The molecule has 0 spiro atoms. The molecule has 0 aliphatic carbocycles. The van der Waals surface area contributed by atoms with Crippen LogP contribution in [0.2, 0.25) is 0 Å². The Kier molecular flexibility index (Phi) is 4.47. The summed E-state index contributed by atoms with van der Waals surface area (Å²) in [6.07, 6.45) is 2.72. The van der Waals surface area contributed by atoms with Gasteiger partial charge in [-0.05, 0) is 42.8 Å². The van der Waals surface area contributed by atoms with Crippen molar-refractivity contribution < 1.29 is 0 Å². The quantitative estimate of drug-likeness (QED) is 0.821. The number of benzene rings is 1. The standard InChI is InChI=1S/C15H17N3S/c1-11-10-13(5-6-14(11)15(16)19)18-9-7-12-4-2-3-8-17-12/h2-6,8,10,18H,7,9H2,1H3,(H2,16,19). The molecule has 2 rings (SSSR count).